The molecule has 0 spiro atoms. The van der Waals surface area contributed by atoms with Crippen LogP contribution in [0.25, 0.3) is 64.4 Å². The molecule has 0 fully saturated rings. The molecule has 8 aromatic carbocycles. The smallest absolute Gasteiger partial charge is 0.135 e. The number of rotatable bonds is 4. The molecule has 2 heterocycles. The first-order valence-electron chi connectivity index (χ1n) is 19.5. The molecule has 0 amide bonds. The molecular weight excluding hydrogens is 699 g/mol. The summed E-state index contributed by atoms with van der Waals surface area (Å²) in [5.74, 6) is 0. The van der Waals surface area contributed by atoms with Gasteiger partial charge in [-0.25, -0.2) is 0 Å². The van der Waals surface area contributed by atoms with Crippen molar-refractivity contribution in [2.75, 3.05) is 4.90 Å². The van der Waals surface area contributed by atoms with Gasteiger partial charge < -0.3 is 9.32 Å². The maximum Gasteiger partial charge on any atom is 0.135 e. The summed E-state index contributed by atoms with van der Waals surface area (Å²) in [6, 6.07) is 62.9. The van der Waals surface area contributed by atoms with Crippen LogP contribution in [0, 0.1) is 0 Å². The van der Waals surface area contributed by atoms with Gasteiger partial charge in [0, 0.05) is 58.8 Å². The van der Waals surface area contributed by atoms with Crippen LogP contribution in [0.1, 0.15) is 48.6 Å². The zero-order valence-electron chi connectivity index (χ0n) is 31.4. The number of hydrogen-bond donors (Lipinski definition) is 0. The molecule has 2 nitrogen and oxygen atoms in total. The Balaban J connectivity index is 1.03. The normalized spacial score (nSPS) is 14.6. The van der Waals surface area contributed by atoms with Crippen LogP contribution in [0.3, 0.4) is 0 Å². The molecule has 0 saturated carbocycles. The quantitative estimate of drug-likeness (QED) is 0.179. The average Bonchev–Trinajstić information content (AvgIpc) is 3.94. The summed E-state index contributed by atoms with van der Waals surface area (Å²) in [6.07, 6.45) is 0. The lowest BCUT2D eigenvalue weighted by molar-refractivity contribution is 0.660. The molecule has 0 atom stereocenters. The van der Waals surface area contributed by atoms with Gasteiger partial charge in [-0.1, -0.05) is 129 Å². The number of benzene rings is 8. The minimum atomic E-state index is -0.283. The van der Waals surface area contributed by atoms with Gasteiger partial charge in [0.2, 0.25) is 0 Å². The van der Waals surface area contributed by atoms with Crippen molar-refractivity contribution in [3.8, 4) is 22.3 Å². The summed E-state index contributed by atoms with van der Waals surface area (Å²) in [4.78, 5) is 2.43. The van der Waals surface area contributed by atoms with Crippen LogP contribution in [0.15, 0.2) is 174 Å². The molecule has 10 aromatic rings. The standard InChI is InChI=1S/C53H37NOS/c1-52(2)44-16-8-4-12-36(44)39-25-21-34(30-47(39)52)54(35-22-26-42-41-15-7-11-19-50(41)56-51(42)31-35)33-23-27-48-43(29-33)40-24-20-32(28-49(40)55-48)53(3)45-17-9-5-13-37(45)38-14-6-10-18-46(38)53/h4-31H,1-3H3. The lowest BCUT2D eigenvalue weighted by atomic mass is 9.74. The van der Waals surface area contributed by atoms with E-state index in [0.29, 0.717) is 0 Å². The first-order chi connectivity index (χ1) is 27.4. The molecule has 0 bridgehead atoms. The van der Waals surface area contributed by atoms with Gasteiger partial charge in [0.1, 0.15) is 11.2 Å². The second kappa shape index (κ2) is 11.3. The zero-order valence-corrected chi connectivity index (χ0v) is 32.2. The molecular formula is C53H37NOS. The van der Waals surface area contributed by atoms with Gasteiger partial charge in [-0.2, -0.15) is 0 Å². The number of anilines is 3. The van der Waals surface area contributed by atoms with E-state index in [0.717, 1.165) is 39.0 Å². The van der Waals surface area contributed by atoms with Crippen molar-refractivity contribution in [2.24, 2.45) is 0 Å². The Bertz CT molecular complexity index is 3220. The van der Waals surface area contributed by atoms with Crippen molar-refractivity contribution in [3.05, 3.63) is 198 Å². The first-order valence-corrected chi connectivity index (χ1v) is 20.3. The summed E-state index contributed by atoms with van der Waals surface area (Å²) in [5, 5.41) is 4.85. The maximum atomic E-state index is 6.72. The van der Waals surface area contributed by atoms with Crippen molar-refractivity contribution in [1.29, 1.82) is 0 Å². The van der Waals surface area contributed by atoms with Crippen LogP contribution < -0.4 is 4.90 Å². The van der Waals surface area contributed by atoms with Gasteiger partial charge in [-0.15, -0.1) is 11.3 Å². The van der Waals surface area contributed by atoms with Crippen LogP contribution in [0.5, 0.6) is 0 Å². The van der Waals surface area contributed by atoms with Gasteiger partial charge in [0.05, 0.1) is 0 Å². The summed E-state index contributed by atoms with van der Waals surface area (Å²) >= 11 is 1.86. The monoisotopic (exact) mass is 735 g/mol. The number of furan rings is 1. The fourth-order valence-corrected chi connectivity index (χ4v) is 11.3. The van der Waals surface area contributed by atoms with Crippen LogP contribution in [-0.4, -0.2) is 0 Å². The third kappa shape index (κ3) is 4.26. The highest BCUT2D eigenvalue weighted by Crippen LogP contribution is 2.54. The van der Waals surface area contributed by atoms with E-state index < -0.39 is 0 Å². The second-order valence-electron chi connectivity index (χ2n) is 16.2. The van der Waals surface area contributed by atoms with E-state index in [1.54, 1.807) is 0 Å². The maximum absolute atomic E-state index is 6.72. The van der Waals surface area contributed by atoms with E-state index in [1.165, 1.54) is 70.2 Å². The number of thiophene rings is 1. The number of fused-ring (bicyclic) bond motifs is 12. The lowest BCUT2D eigenvalue weighted by Crippen LogP contribution is -2.22. The predicted molar refractivity (Wildman–Crippen MR) is 236 cm³/mol. The summed E-state index contributed by atoms with van der Waals surface area (Å²) in [6.45, 7) is 7.08. The third-order valence-corrected chi connectivity index (χ3v) is 14.1. The SMILES string of the molecule is CC1(C)c2ccccc2-c2ccc(N(c3ccc4c(c3)sc3ccccc34)c3ccc4oc5cc(C6(C)c7ccccc7-c7ccccc76)ccc5c4c3)cc21. The number of hydrogen-bond acceptors (Lipinski definition) is 3. The van der Waals surface area contributed by atoms with Crippen LogP contribution in [-0.2, 0) is 10.8 Å². The fraction of sp³-hybridized carbons (Fsp3) is 0.0943. The fourth-order valence-electron chi connectivity index (χ4n) is 10.1. The van der Waals surface area contributed by atoms with Crippen molar-refractivity contribution in [3.63, 3.8) is 0 Å². The predicted octanol–water partition coefficient (Wildman–Crippen LogP) is 15.1. The lowest BCUT2D eigenvalue weighted by Gasteiger charge is -2.28. The molecule has 0 radical (unpaired) electrons. The Hall–Kier alpha value is -6.42. The van der Waals surface area contributed by atoms with Gasteiger partial charge in [-0.3, -0.25) is 0 Å². The molecule has 266 valence electrons. The molecule has 2 aliphatic rings. The molecule has 2 aliphatic carbocycles. The van der Waals surface area contributed by atoms with E-state index >= 15 is 0 Å². The first kappa shape index (κ1) is 31.9. The highest BCUT2D eigenvalue weighted by atomic mass is 32.1. The molecule has 12 rings (SSSR count). The van der Waals surface area contributed by atoms with E-state index in [4.69, 9.17) is 4.42 Å². The van der Waals surface area contributed by atoms with Crippen molar-refractivity contribution < 1.29 is 4.42 Å². The highest BCUT2D eigenvalue weighted by Gasteiger charge is 2.41. The molecule has 3 heteroatoms. The Labute approximate surface area is 329 Å². The highest BCUT2D eigenvalue weighted by molar-refractivity contribution is 7.25. The Morgan fingerprint density at radius 2 is 0.982 bits per heavy atom. The van der Waals surface area contributed by atoms with E-state index in [-0.39, 0.29) is 10.8 Å². The molecule has 0 unspecified atom stereocenters. The van der Waals surface area contributed by atoms with Gasteiger partial charge >= 0.3 is 0 Å². The Morgan fingerprint density at radius 1 is 0.411 bits per heavy atom. The van der Waals surface area contributed by atoms with Crippen molar-refractivity contribution in [1.82, 2.24) is 0 Å². The van der Waals surface area contributed by atoms with Gasteiger partial charge in [0.15, 0.2) is 0 Å². The van der Waals surface area contributed by atoms with Gasteiger partial charge in [-0.05, 0) is 112 Å². The summed E-state index contributed by atoms with van der Waals surface area (Å²) < 4.78 is 9.32. The molecule has 0 aliphatic heterocycles. The van der Waals surface area contributed by atoms with Gasteiger partial charge in [0.25, 0.3) is 0 Å². The summed E-state index contributed by atoms with van der Waals surface area (Å²) in [7, 11) is 0. The second-order valence-corrected chi connectivity index (χ2v) is 17.3. The molecule has 0 N–H and O–H groups in total. The topological polar surface area (TPSA) is 16.4 Å². The average molecular weight is 736 g/mol. The Kier molecular flexibility index (Phi) is 6.44. The largest absolute Gasteiger partial charge is 0.456 e. The zero-order chi connectivity index (χ0) is 37.3. The van der Waals surface area contributed by atoms with Crippen LogP contribution >= 0.6 is 11.3 Å². The minimum Gasteiger partial charge on any atom is -0.456 e. The molecule has 2 aromatic heterocycles. The minimum absolute atomic E-state index is 0.109. The molecule has 0 saturated heterocycles. The third-order valence-electron chi connectivity index (χ3n) is 13.0. The Morgan fingerprint density at radius 3 is 1.77 bits per heavy atom. The van der Waals surface area contributed by atoms with Crippen molar-refractivity contribution >= 4 is 70.5 Å². The van der Waals surface area contributed by atoms with Crippen LogP contribution in [0.2, 0.25) is 0 Å². The van der Waals surface area contributed by atoms with E-state index in [1.807, 2.05) is 11.3 Å². The van der Waals surface area contributed by atoms with E-state index in [9.17, 15) is 0 Å². The van der Waals surface area contributed by atoms with Crippen molar-refractivity contribution in [2.45, 2.75) is 31.6 Å². The number of nitrogens with zero attached hydrogens (tertiary/aromatic N) is 1. The van der Waals surface area contributed by atoms with Crippen LogP contribution in [0.4, 0.5) is 17.1 Å². The summed E-state index contributed by atoms with van der Waals surface area (Å²) in [5.41, 5.74) is 16.7. The molecule has 56 heavy (non-hydrogen) atoms. The van der Waals surface area contributed by atoms with E-state index in [2.05, 4.69) is 196 Å².